The molecule has 0 heterocycles. The zero-order valence-corrected chi connectivity index (χ0v) is 14.6. The van der Waals surface area contributed by atoms with Crippen LogP contribution in [-0.2, 0) is 4.79 Å². The van der Waals surface area contributed by atoms with Crippen LogP contribution in [0.1, 0.15) is 73.6 Å². The molecule has 0 spiro atoms. The molecule has 0 fully saturated rings. The number of rotatable bonds is 8. The van der Waals surface area contributed by atoms with E-state index in [1.165, 1.54) is 12.2 Å². The Morgan fingerprint density at radius 3 is 2.16 bits per heavy atom. The summed E-state index contributed by atoms with van der Waals surface area (Å²) < 4.78 is 0.357. The maximum atomic E-state index is 11.6. The molecule has 0 aliphatic heterocycles. The Labute approximate surface area is 124 Å². The zero-order valence-electron chi connectivity index (χ0n) is 13.8. The van der Waals surface area contributed by atoms with Crippen molar-refractivity contribution in [2.75, 3.05) is 12.3 Å². The lowest BCUT2D eigenvalue weighted by atomic mass is 9.90. The van der Waals surface area contributed by atoms with Crippen LogP contribution in [0.4, 0.5) is 0 Å². The van der Waals surface area contributed by atoms with Crippen LogP contribution in [0.25, 0.3) is 0 Å². The van der Waals surface area contributed by atoms with Gasteiger partial charge in [0, 0.05) is 17.7 Å². The summed E-state index contributed by atoms with van der Waals surface area (Å²) in [5, 5.41) is 3.02. The van der Waals surface area contributed by atoms with Gasteiger partial charge in [-0.2, -0.15) is 11.8 Å². The predicted molar refractivity (Wildman–Crippen MR) is 87.8 cm³/mol. The summed E-state index contributed by atoms with van der Waals surface area (Å²) in [6.45, 7) is 14.2. The molecular weight excluding hydrogens is 254 g/mol. The second-order valence-corrected chi connectivity index (χ2v) is 9.35. The zero-order chi connectivity index (χ0) is 14.9. The van der Waals surface area contributed by atoms with Gasteiger partial charge in [0.2, 0.25) is 5.91 Å². The highest BCUT2D eigenvalue weighted by Crippen LogP contribution is 2.24. The smallest absolute Gasteiger partial charge is 0.219 e. The molecule has 0 aliphatic rings. The molecule has 0 aromatic carbocycles. The van der Waals surface area contributed by atoms with E-state index in [1.807, 2.05) is 11.8 Å². The molecule has 0 unspecified atom stereocenters. The molecule has 2 nitrogen and oxygen atoms in total. The normalized spacial score (nSPS) is 12.5. The largest absolute Gasteiger partial charge is 0.356 e. The van der Waals surface area contributed by atoms with Gasteiger partial charge in [-0.3, -0.25) is 4.79 Å². The Morgan fingerprint density at radius 2 is 1.63 bits per heavy atom. The molecule has 0 rings (SSSR count). The summed E-state index contributed by atoms with van der Waals surface area (Å²) in [5.74, 6) is 1.40. The van der Waals surface area contributed by atoms with Gasteiger partial charge in [0.1, 0.15) is 0 Å². The van der Waals surface area contributed by atoms with E-state index in [4.69, 9.17) is 0 Å². The van der Waals surface area contributed by atoms with Gasteiger partial charge in [0.25, 0.3) is 0 Å². The number of carbonyl (C=O) groups excluding carboxylic acids is 1. The molecule has 19 heavy (non-hydrogen) atoms. The van der Waals surface area contributed by atoms with Gasteiger partial charge >= 0.3 is 0 Å². The van der Waals surface area contributed by atoms with Crippen LogP contribution in [0, 0.1) is 5.41 Å². The summed E-state index contributed by atoms with van der Waals surface area (Å²) in [4.78, 5) is 11.6. The molecule has 0 radical (unpaired) electrons. The average molecular weight is 288 g/mol. The minimum Gasteiger partial charge on any atom is -0.356 e. The van der Waals surface area contributed by atoms with Gasteiger partial charge < -0.3 is 5.32 Å². The fourth-order valence-electron chi connectivity index (χ4n) is 1.70. The number of thioether (sulfide) groups is 1. The van der Waals surface area contributed by atoms with Gasteiger partial charge in [-0.25, -0.2) is 0 Å². The van der Waals surface area contributed by atoms with Crippen molar-refractivity contribution in [1.29, 1.82) is 0 Å². The standard InChI is InChI=1S/C16H33NOS/c1-15(2,3)11-9-10-14(18)17-12-7-8-13-19-16(4,5)6/h7-13H2,1-6H3,(H,17,18). The lowest BCUT2D eigenvalue weighted by Gasteiger charge is -2.17. The molecule has 0 saturated carbocycles. The van der Waals surface area contributed by atoms with Crippen LogP contribution in [0.2, 0.25) is 0 Å². The Morgan fingerprint density at radius 1 is 1.00 bits per heavy atom. The van der Waals surface area contributed by atoms with Crippen molar-refractivity contribution in [3.8, 4) is 0 Å². The van der Waals surface area contributed by atoms with Crippen LogP contribution in [-0.4, -0.2) is 23.0 Å². The Kier molecular flexibility index (Phi) is 8.80. The van der Waals surface area contributed by atoms with Crippen molar-refractivity contribution in [2.45, 2.75) is 78.4 Å². The van der Waals surface area contributed by atoms with Crippen LogP contribution < -0.4 is 5.32 Å². The van der Waals surface area contributed by atoms with Gasteiger partial charge in [0.05, 0.1) is 0 Å². The van der Waals surface area contributed by atoms with Gasteiger partial charge in [-0.15, -0.1) is 0 Å². The maximum absolute atomic E-state index is 11.6. The Balaban J connectivity index is 3.40. The summed E-state index contributed by atoms with van der Waals surface area (Å²) in [6.07, 6.45) is 5.06. The number of hydrogen-bond acceptors (Lipinski definition) is 2. The molecule has 0 saturated heterocycles. The van der Waals surface area contributed by atoms with E-state index in [2.05, 4.69) is 46.9 Å². The summed E-state index contributed by atoms with van der Waals surface area (Å²) in [7, 11) is 0. The highest BCUT2D eigenvalue weighted by molar-refractivity contribution is 8.00. The molecule has 0 aromatic rings. The first-order valence-corrected chi connectivity index (χ1v) is 8.49. The number of carbonyl (C=O) groups is 1. The third kappa shape index (κ3) is 15.8. The van der Waals surface area contributed by atoms with E-state index in [-0.39, 0.29) is 5.91 Å². The second kappa shape index (κ2) is 8.89. The Hall–Kier alpha value is -0.180. The lowest BCUT2D eigenvalue weighted by Crippen LogP contribution is -2.24. The van der Waals surface area contributed by atoms with E-state index in [9.17, 15) is 4.79 Å². The van der Waals surface area contributed by atoms with E-state index in [0.717, 1.165) is 25.8 Å². The fraction of sp³-hybridized carbons (Fsp3) is 0.938. The van der Waals surface area contributed by atoms with Crippen LogP contribution >= 0.6 is 11.8 Å². The molecule has 0 bridgehead atoms. The molecule has 0 atom stereocenters. The van der Waals surface area contributed by atoms with Crippen molar-refractivity contribution in [1.82, 2.24) is 5.32 Å². The monoisotopic (exact) mass is 287 g/mol. The molecule has 1 amide bonds. The van der Waals surface area contributed by atoms with Crippen molar-refractivity contribution >= 4 is 17.7 Å². The van der Waals surface area contributed by atoms with Gasteiger partial charge in [0.15, 0.2) is 0 Å². The topological polar surface area (TPSA) is 29.1 Å². The highest BCUT2D eigenvalue weighted by Gasteiger charge is 2.11. The number of nitrogens with one attached hydrogen (secondary N) is 1. The molecule has 0 aromatic heterocycles. The minimum absolute atomic E-state index is 0.215. The number of amides is 1. The number of unbranched alkanes of at least 4 members (excludes halogenated alkanes) is 1. The summed E-state index contributed by atoms with van der Waals surface area (Å²) in [5.41, 5.74) is 0.338. The van der Waals surface area contributed by atoms with Crippen molar-refractivity contribution < 1.29 is 4.79 Å². The molecule has 3 heteroatoms. The van der Waals surface area contributed by atoms with E-state index < -0.39 is 0 Å². The van der Waals surface area contributed by atoms with Crippen molar-refractivity contribution in [3.63, 3.8) is 0 Å². The first-order valence-electron chi connectivity index (χ1n) is 7.51. The molecule has 1 N–H and O–H groups in total. The molecule has 114 valence electrons. The summed E-state index contributed by atoms with van der Waals surface area (Å²) >= 11 is 2.00. The highest BCUT2D eigenvalue weighted by atomic mass is 32.2. The van der Waals surface area contributed by atoms with Crippen LogP contribution in [0.3, 0.4) is 0 Å². The maximum Gasteiger partial charge on any atom is 0.219 e. The first kappa shape index (κ1) is 18.8. The van der Waals surface area contributed by atoms with Gasteiger partial charge in [-0.1, -0.05) is 41.5 Å². The van der Waals surface area contributed by atoms with Crippen molar-refractivity contribution in [3.05, 3.63) is 0 Å². The van der Waals surface area contributed by atoms with E-state index in [1.54, 1.807) is 0 Å². The second-order valence-electron chi connectivity index (χ2n) is 7.43. The Bertz CT molecular complexity index is 250. The minimum atomic E-state index is 0.215. The van der Waals surface area contributed by atoms with Crippen LogP contribution in [0.15, 0.2) is 0 Å². The van der Waals surface area contributed by atoms with E-state index >= 15 is 0 Å². The number of hydrogen-bond donors (Lipinski definition) is 1. The SMILES string of the molecule is CC(C)(C)CCCC(=O)NCCCCSC(C)(C)C. The van der Waals surface area contributed by atoms with Crippen molar-refractivity contribution in [2.24, 2.45) is 5.41 Å². The quantitative estimate of drug-likeness (QED) is 0.659. The molecule has 0 aliphatic carbocycles. The first-order chi connectivity index (χ1) is 8.60. The summed E-state index contributed by atoms with van der Waals surface area (Å²) in [6, 6.07) is 0. The van der Waals surface area contributed by atoms with E-state index in [0.29, 0.717) is 16.6 Å². The van der Waals surface area contributed by atoms with Gasteiger partial charge in [-0.05, 0) is 36.9 Å². The predicted octanol–water partition coefficient (Wildman–Crippen LogP) is 4.63. The average Bonchev–Trinajstić information content (AvgIpc) is 2.19. The third-order valence-corrected chi connectivity index (χ3v) is 4.12. The van der Waals surface area contributed by atoms with Crippen LogP contribution in [0.5, 0.6) is 0 Å². The fourth-order valence-corrected chi connectivity index (χ4v) is 2.66. The third-order valence-electron chi connectivity index (χ3n) is 2.76. The lowest BCUT2D eigenvalue weighted by molar-refractivity contribution is -0.121. The molecular formula is C16H33NOS.